The summed E-state index contributed by atoms with van der Waals surface area (Å²) in [7, 11) is 1.66. The maximum absolute atomic E-state index is 13.6. The lowest BCUT2D eigenvalue weighted by Crippen LogP contribution is -2.31. The summed E-state index contributed by atoms with van der Waals surface area (Å²) >= 11 is 0. The van der Waals surface area contributed by atoms with E-state index in [1.54, 1.807) is 25.4 Å². The third-order valence-electron chi connectivity index (χ3n) is 3.76. The number of carbonyl (C=O) groups excluding carboxylic acids is 1. The van der Waals surface area contributed by atoms with Gasteiger partial charge in [0.15, 0.2) is 0 Å². The Morgan fingerprint density at radius 2 is 1.84 bits per heavy atom. The van der Waals surface area contributed by atoms with E-state index in [4.69, 9.17) is 0 Å². The van der Waals surface area contributed by atoms with Crippen LogP contribution in [-0.4, -0.2) is 27.8 Å². The van der Waals surface area contributed by atoms with Crippen LogP contribution in [0.2, 0.25) is 0 Å². The number of nitrogens with one attached hydrogen (secondary N) is 1. The first-order valence-electron chi connectivity index (χ1n) is 7.94. The number of nitrogens with zero attached hydrogens (tertiary/aromatic N) is 3. The highest BCUT2D eigenvalue weighted by atomic mass is 19.1. The number of amides is 2. The van der Waals surface area contributed by atoms with Crippen LogP contribution in [0, 0.1) is 5.82 Å². The number of hydrogen-bond donors (Lipinski definition) is 1. The molecule has 5 nitrogen and oxygen atoms in total. The van der Waals surface area contributed by atoms with Crippen LogP contribution in [0.25, 0.3) is 0 Å². The summed E-state index contributed by atoms with van der Waals surface area (Å²) in [6.45, 7) is 1.06. The van der Waals surface area contributed by atoms with E-state index in [0.29, 0.717) is 13.1 Å². The van der Waals surface area contributed by atoms with E-state index in [0.717, 1.165) is 11.1 Å². The molecule has 0 radical (unpaired) electrons. The van der Waals surface area contributed by atoms with Gasteiger partial charge in [-0.2, -0.15) is 5.10 Å². The number of halogens is 1. The van der Waals surface area contributed by atoms with Gasteiger partial charge in [-0.15, -0.1) is 0 Å². The molecule has 2 amide bonds. The predicted molar refractivity (Wildman–Crippen MR) is 94.7 cm³/mol. The summed E-state index contributed by atoms with van der Waals surface area (Å²) in [6.07, 6.45) is 3.63. The number of rotatable bonds is 5. The molecule has 1 aromatic heterocycles. The zero-order valence-corrected chi connectivity index (χ0v) is 13.9. The topological polar surface area (TPSA) is 50.2 Å². The number of urea groups is 1. The summed E-state index contributed by atoms with van der Waals surface area (Å²) in [5.74, 6) is -0.458. The molecule has 25 heavy (non-hydrogen) atoms. The predicted octanol–water partition coefficient (Wildman–Crippen LogP) is 3.73. The van der Waals surface area contributed by atoms with E-state index in [1.165, 1.54) is 17.0 Å². The van der Waals surface area contributed by atoms with E-state index in [2.05, 4.69) is 10.4 Å². The van der Waals surface area contributed by atoms with Gasteiger partial charge in [0, 0.05) is 18.8 Å². The van der Waals surface area contributed by atoms with Crippen LogP contribution < -0.4 is 5.32 Å². The molecule has 2 aromatic carbocycles. The smallest absolute Gasteiger partial charge is 0.321 e. The molecule has 0 unspecified atom stereocenters. The Hall–Kier alpha value is -3.15. The van der Waals surface area contributed by atoms with Crippen LogP contribution in [0.4, 0.5) is 14.9 Å². The normalized spacial score (nSPS) is 10.5. The summed E-state index contributed by atoms with van der Waals surface area (Å²) < 4.78 is 15.4. The molecule has 0 aliphatic rings. The van der Waals surface area contributed by atoms with Gasteiger partial charge >= 0.3 is 6.03 Å². The van der Waals surface area contributed by atoms with Crippen molar-refractivity contribution in [3.8, 4) is 0 Å². The maximum Gasteiger partial charge on any atom is 0.321 e. The summed E-state index contributed by atoms with van der Waals surface area (Å²) in [5.41, 5.74) is 2.23. The van der Waals surface area contributed by atoms with Gasteiger partial charge in [0.2, 0.25) is 0 Å². The van der Waals surface area contributed by atoms with Gasteiger partial charge in [-0.05, 0) is 17.7 Å². The molecule has 0 atom stereocenters. The fraction of sp³-hybridized carbons (Fsp3) is 0.158. The lowest BCUT2D eigenvalue weighted by atomic mass is 10.2. The second kappa shape index (κ2) is 7.61. The highest BCUT2D eigenvalue weighted by molar-refractivity contribution is 5.89. The van der Waals surface area contributed by atoms with Gasteiger partial charge in [0.25, 0.3) is 0 Å². The molecule has 0 fully saturated rings. The fourth-order valence-electron chi connectivity index (χ4n) is 2.46. The van der Waals surface area contributed by atoms with Crippen molar-refractivity contribution in [1.29, 1.82) is 0 Å². The number of hydrogen-bond acceptors (Lipinski definition) is 2. The minimum absolute atomic E-state index is 0.166. The molecule has 128 valence electrons. The van der Waals surface area contributed by atoms with Crippen molar-refractivity contribution in [2.24, 2.45) is 0 Å². The van der Waals surface area contributed by atoms with Crippen LogP contribution >= 0.6 is 0 Å². The van der Waals surface area contributed by atoms with Crippen molar-refractivity contribution in [2.75, 3.05) is 12.4 Å². The highest BCUT2D eigenvalue weighted by Crippen LogP contribution is 2.13. The third-order valence-corrected chi connectivity index (χ3v) is 3.76. The molecule has 6 heteroatoms. The average Bonchev–Trinajstić information content (AvgIpc) is 3.04. The summed E-state index contributed by atoms with van der Waals surface area (Å²) in [6, 6.07) is 15.7. The highest BCUT2D eigenvalue weighted by Gasteiger charge is 2.12. The molecular weight excluding hydrogens is 319 g/mol. The standard InChI is InChI=1S/C19H19FN4O/c1-23(19(25)22-18-10-6-5-9-17(18)20)12-16-11-21-24(14-16)13-15-7-3-2-4-8-15/h2-11,14H,12-13H2,1H3,(H,22,25). The average molecular weight is 338 g/mol. The van der Waals surface area contributed by atoms with Gasteiger partial charge in [-0.25, -0.2) is 9.18 Å². The van der Waals surface area contributed by atoms with Crippen molar-refractivity contribution in [3.05, 3.63) is 83.9 Å². The molecule has 0 aliphatic heterocycles. The van der Waals surface area contributed by atoms with Gasteiger partial charge < -0.3 is 10.2 Å². The maximum atomic E-state index is 13.6. The Kier molecular flexibility index (Phi) is 5.09. The van der Waals surface area contributed by atoms with Crippen LogP contribution in [0.1, 0.15) is 11.1 Å². The third kappa shape index (κ3) is 4.44. The number of carbonyl (C=O) groups is 1. The van der Waals surface area contributed by atoms with Crippen molar-refractivity contribution < 1.29 is 9.18 Å². The molecule has 0 spiro atoms. The Balaban J connectivity index is 1.58. The minimum Gasteiger partial charge on any atom is -0.323 e. The molecular formula is C19H19FN4O. The van der Waals surface area contributed by atoms with Crippen molar-refractivity contribution >= 4 is 11.7 Å². The van der Waals surface area contributed by atoms with Crippen molar-refractivity contribution in [3.63, 3.8) is 0 Å². The molecule has 0 aliphatic carbocycles. The largest absolute Gasteiger partial charge is 0.323 e. The number of aromatic nitrogens is 2. The van der Waals surface area contributed by atoms with Crippen LogP contribution in [0.15, 0.2) is 67.0 Å². The van der Waals surface area contributed by atoms with E-state index < -0.39 is 5.82 Å². The first kappa shape index (κ1) is 16.7. The number of benzene rings is 2. The monoisotopic (exact) mass is 338 g/mol. The zero-order chi connectivity index (χ0) is 17.6. The lowest BCUT2D eigenvalue weighted by Gasteiger charge is -2.17. The Morgan fingerprint density at radius 3 is 2.60 bits per heavy atom. The molecule has 0 bridgehead atoms. The second-order valence-electron chi connectivity index (χ2n) is 5.80. The fourth-order valence-corrected chi connectivity index (χ4v) is 2.46. The van der Waals surface area contributed by atoms with Crippen molar-refractivity contribution in [1.82, 2.24) is 14.7 Å². The van der Waals surface area contributed by atoms with E-state index in [-0.39, 0.29) is 11.7 Å². The van der Waals surface area contributed by atoms with Crippen LogP contribution in [0.5, 0.6) is 0 Å². The minimum atomic E-state index is -0.458. The molecule has 0 saturated heterocycles. The molecule has 0 saturated carbocycles. The van der Waals surface area contributed by atoms with E-state index in [1.807, 2.05) is 41.2 Å². The molecule has 3 rings (SSSR count). The van der Waals surface area contributed by atoms with Gasteiger partial charge in [0.1, 0.15) is 5.82 Å². The SMILES string of the molecule is CN(Cc1cnn(Cc2ccccc2)c1)C(=O)Nc1ccccc1F. The van der Waals surface area contributed by atoms with Gasteiger partial charge in [-0.1, -0.05) is 42.5 Å². The first-order chi connectivity index (χ1) is 12.1. The van der Waals surface area contributed by atoms with Crippen molar-refractivity contribution in [2.45, 2.75) is 13.1 Å². The van der Waals surface area contributed by atoms with Crippen LogP contribution in [0.3, 0.4) is 0 Å². The molecule has 1 N–H and O–H groups in total. The Morgan fingerprint density at radius 1 is 1.12 bits per heavy atom. The van der Waals surface area contributed by atoms with E-state index >= 15 is 0 Å². The number of para-hydroxylation sites is 1. The van der Waals surface area contributed by atoms with E-state index in [9.17, 15) is 9.18 Å². The summed E-state index contributed by atoms with van der Waals surface area (Å²) in [4.78, 5) is 13.7. The lowest BCUT2D eigenvalue weighted by molar-refractivity contribution is 0.220. The van der Waals surface area contributed by atoms with Gasteiger partial charge in [0.05, 0.1) is 25.0 Å². The quantitative estimate of drug-likeness (QED) is 0.770. The van der Waals surface area contributed by atoms with Crippen LogP contribution in [-0.2, 0) is 13.1 Å². The number of anilines is 1. The first-order valence-corrected chi connectivity index (χ1v) is 7.94. The molecule has 1 heterocycles. The summed E-state index contributed by atoms with van der Waals surface area (Å²) in [5, 5.41) is 6.88. The Labute approximate surface area is 145 Å². The van der Waals surface area contributed by atoms with Gasteiger partial charge in [-0.3, -0.25) is 4.68 Å². The second-order valence-corrected chi connectivity index (χ2v) is 5.80. The zero-order valence-electron chi connectivity index (χ0n) is 13.9. The Bertz CT molecular complexity index is 847. The molecule has 3 aromatic rings.